The van der Waals surface area contributed by atoms with Crippen LogP contribution in [0.15, 0.2) is 109 Å². The van der Waals surface area contributed by atoms with Crippen LogP contribution in [0, 0.1) is 0 Å². The van der Waals surface area contributed by atoms with E-state index >= 15 is 0 Å². The van der Waals surface area contributed by atoms with E-state index < -0.39 is 11.8 Å². The van der Waals surface area contributed by atoms with E-state index in [1.54, 1.807) is 0 Å². The molecule has 0 aromatic heterocycles. The number of hydrogen-bond acceptors (Lipinski definition) is 4. The first kappa shape index (κ1) is 22.1. The molecule has 6 heteroatoms. The van der Waals surface area contributed by atoms with E-state index in [1.165, 1.54) is 24.3 Å². The molecule has 0 bridgehead atoms. The maximum absolute atomic E-state index is 10.6. The molecule has 0 atom stereocenters. The summed E-state index contributed by atoms with van der Waals surface area (Å²) < 4.78 is 11.5. The Balaban J connectivity index is 0.000000207. The first-order valence-electron chi connectivity index (χ1n) is 9.77. The van der Waals surface area contributed by atoms with Crippen LogP contribution in [0.3, 0.4) is 0 Å². The quantitative estimate of drug-likeness (QED) is 0.444. The molecule has 0 saturated carbocycles. The fourth-order valence-corrected chi connectivity index (χ4v) is 2.62. The molecule has 0 heterocycles. The van der Waals surface area contributed by atoms with Gasteiger partial charge in [0.1, 0.15) is 23.0 Å². The van der Waals surface area contributed by atoms with E-state index in [9.17, 15) is 9.59 Å². The van der Waals surface area contributed by atoms with Gasteiger partial charge in [-0.1, -0.05) is 36.4 Å². The highest BCUT2D eigenvalue weighted by Gasteiger charge is 2.02. The minimum Gasteiger partial charge on any atom is -0.457 e. The van der Waals surface area contributed by atoms with Crippen molar-refractivity contribution in [2.75, 3.05) is 0 Å². The molecular formula is C26H22N2O4. The summed E-state index contributed by atoms with van der Waals surface area (Å²) in [6, 6.07) is 32.8. The maximum atomic E-state index is 10.6. The van der Waals surface area contributed by atoms with E-state index in [0.717, 1.165) is 23.0 Å². The van der Waals surface area contributed by atoms with Gasteiger partial charge in [0.05, 0.1) is 0 Å². The van der Waals surface area contributed by atoms with Gasteiger partial charge in [0.25, 0.3) is 0 Å². The van der Waals surface area contributed by atoms with Gasteiger partial charge in [0.15, 0.2) is 0 Å². The van der Waals surface area contributed by atoms with Crippen molar-refractivity contribution >= 4 is 11.8 Å². The summed E-state index contributed by atoms with van der Waals surface area (Å²) in [6.45, 7) is 0. The molecule has 4 aromatic rings. The Labute approximate surface area is 186 Å². The van der Waals surface area contributed by atoms with Crippen LogP contribution in [0.4, 0.5) is 0 Å². The zero-order valence-corrected chi connectivity index (χ0v) is 17.2. The summed E-state index contributed by atoms with van der Waals surface area (Å²) in [6.07, 6.45) is 0. The molecule has 0 saturated heterocycles. The second kappa shape index (κ2) is 11.0. The van der Waals surface area contributed by atoms with E-state index in [1.807, 2.05) is 84.9 Å². The van der Waals surface area contributed by atoms with Crippen LogP contribution >= 0.6 is 0 Å². The van der Waals surface area contributed by atoms with Gasteiger partial charge in [-0.2, -0.15) is 0 Å². The van der Waals surface area contributed by atoms with Gasteiger partial charge in [0, 0.05) is 11.1 Å². The van der Waals surface area contributed by atoms with Crippen molar-refractivity contribution < 1.29 is 19.1 Å². The molecular weight excluding hydrogens is 404 g/mol. The molecule has 160 valence electrons. The predicted molar refractivity (Wildman–Crippen MR) is 123 cm³/mol. The van der Waals surface area contributed by atoms with Gasteiger partial charge >= 0.3 is 0 Å². The maximum Gasteiger partial charge on any atom is 0.248 e. The van der Waals surface area contributed by atoms with Crippen molar-refractivity contribution in [2.45, 2.75) is 0 Å². The van der Waals surface area contributed by atoms with Gasteiger partial charge in [-0.15, -0.1) is 0 Å². The number of hydrogen-bond donors (Lipinski definition) is 2. The minimum absolute atomic E-state index is 0.361. The van der Waals surface area contributed by atoms with Crippen LogP contribution in [0.1, 0.15) is 20.7 Å². The third-order valence-corrected chi connectivity index (χ3v) is 4.24. The number of para-hydroxylation sites is 2. The second-order valence-corrected chi connectivity index (χ2v) is 6.61. The van der Waals surface area contributed by atoms with Crippen LogP contribution in [-0.2, 0) is 0 Å². The van der Waals surface area contributed by atoms with Crippen LogP contribution < -0.4 is 20.9 Å². The van der Waals surface area contributed by atoms with E-state index in [2.05, 4.69) is 0 Å². The van der Waals surface area contributed by atoms with Gasteiger partial charge < -0.3 is 20.9 Å². The van der Waals surface area contributed by atoms with E-state index in [0.29, 0.717) is 11.1 Å². The Morgan fingerprint density at radius 3 is 1.00 bits per heavy atom. The minimum atomic E-state index is -0.522. The highest BCUT2D eigenvalue weighted by Crippen LogP contribution is 2.26. The number of rotatable bonds is 6. The SMILES string of the molecule is NC(=O)c1ccc(C(N)=O)cc1.c1ccc(Oc2ccc(Oc3ccccc3)cc2)cc1. The first-order valence-corrected chi connectivity index (χ1v) is 9.77. The number of carbonyl (C=O) groups is 2. The zero-order valence-electron chi connectivity index (χ0n) is 17.2. The van der Waals surface area contributed by atoms with Crippen LogP contribution in [0.2, 0.25) is 0 Å². The lowest BCUT2D eigenvalue weighted by atomic mass is 10.1. The Bertz CT molecular complexity index is 1050. The van der Waals surface area contributed by atoms with Crippen molar-refractivity contribution in [2.24, 2.45) is 11.5 Å². The molecule has 4 N–H and O–H groups in total. The fourth-order valence-electron chi connectivity index (χ4n) is 2.62. The second-order valence-electron chi connectivity index (χ2n) is 6.61. The van der Waals surface area contributed by atoms with Gasteiger partial charge in [-0.05, 0) is 72.8 Å². The van der Waals surface area contributed by atoms with Crippen molar-refractivity contribution in [1.29, 1.82) is 0 Å². The number of amides is 2. The van der Waals surface area contributed by atoms with Crippen LogP contribution in [0.25, 0.3) is 0 Å². The Kier molecular flexibility index (Phi) is 7.59. The lowest BCUT2D eigenvalue weighted by Gasteiger charge is -2.08. The summed E-state index contributed by atoms with van der Waals surface area (Å²) in [4.78, 5) is 21.2. The normalized spacial score (nSPS) is 9.75. The van der Waals surface area contributed by atoms with Gasteiger partial charge in [-0.25, -0.2) is 0 Å². The number of carbonyl (C=O) groups excluding carboxylic acids is 2. The predicted octanol–water partition coefficient (Wildman–Crippen LogP) is 5.16. The highest BCUT2D eigenvalue weighted by atomic mass is 16.5. The molecule has 0 spiro atoms. The number of ether oxygens (including phenoxy) is 2. The van der Waals surface area contributed by atoms with Crippen molar-refractivity contribution in [3.8, 4) is 23.0 Å². The molecule has 0 radical (unpaired) electrons. The van der Waals surface area contributed by atoms with Gasteiger partial charge in [0.2, 0.25) is 11.8 Å². The Hall–Kier alpha value is -4.58. The summed E-state index contributed by atoms with van der Waals surface area (Å²) in [5.74, 6) is 2.18. The lowest BCUT2D eigenvalue weighted by Crippen LogP contribution is -2.13. The largest absolute Gasteiger partial charge is 0.457 e. The molecule has 0 unspecified atom stereocenters. The monoisotopic (exact) mass is 426 g/mol. The summed E-state index contributed by atoms with van der Waals surface area (Å²) in [5.41, 5.74) is 10.7. The number of benzene rings is 4. The average molecular weight is 426 g/mol. The van der Waals surface area contributed by atoms with Crippen molar-refractivity contribution in [3.63, 3.8) is 0 Å². The molecule has 4 aromatic carbocycles. The zero-order chi connectivity index (χ0) is 22.8. The van der Waals surface area contributed by atoms with Crippen LogP contribution in [0.5, 0.6) is 23.0 Å². The van der Waals surface area contributed by atoms with Crippen molar-refractivity contribution in [3.05, 3.63) is 120 Å². The molecule has 0 aliphatic heterocycles. The third kappa shape index (κ3) is 6.74. The molecule has 0 aliphatic carbocycles. The molecule has 2 amide bonds. The topological polar surface area (TPSA) is 105 Å². The average Bonchev–Trinajstić information content (AvgIpc) is 2.82. The summed E-state index contributed by atoms with van der Waals surface area (Å²) >= 11 is 0. The lowest BCUT2D eigenvalue weighted by molar-refractivity contribution is 0.0988. The number of primary amides is 2. The first-order chi connectivity index (χ1) is 15.5. The smallest absolute Gasteiger partial charge is 0.248 e. The molecule has 6 nitrogen and oxygen atoms in total. The van der Waals surface area contributed by atoms with Crippen molar-refractivity contribution in [1.82, 2.24) is 0 Å². The van der Waals surface area contributed by atoms with E-state index in [-0.39, 0.29) is 0 Å². The van der Waals surface area contributed by atoms with Crippen LogP contribution in [-0.4, -0.2) is 11.8 Å². The van der Waals surface area contributed by atoms with E-state index in [4.69, 9.17) is 20.9 Å². The fraction of sp³-hybridized carbons (Fsp3) is 0. The molecule has 32 heavy (non-hydrogen) atoms. The van der Waals surface area contributed by atoms with Gasteiger partial charge in [-0.3, -0.25) is 9.59 Å². The highest BCUT2D eigenvalue weighted by molar-refractivity contribution is 5.96. The summed E-state index contributed by atoms with van der Waals surface area (Å²) in [7, 11) is 0. The standard InChI is InChI=1S/C18H14O2.C8H8N2O2/c1-3-7-15(8-4-1)19-17-11-13-18(14-12-17)20-16-9-5-2-6-10-16;9-7(11)5-1-2-6(4-3-5)8(10)12/h1-14H;1-4H,(H2,9,11)(H2,10,12). The molecule has 4 rings (SSSR count). The molecule has 0 aliphatic rings. The third-order valence-electron chi connectivity index (χ3n) is 4.24. The summed E-state index contributed by atoms with van der Waals surface area (Å²) in [5, 5.41) is 0. The molecule has 0 fully saturated rings. The Morgan fingerprint density at radius 2 is 0.719 bits per heavy atom. The number of nitrogens with two attached hydrogens (primary N) is 2. The Morgan fingerprint density at radius 1 is 0.438 bits per heavy atom.